The molecular formula is C17H19N5O2S. The van der Waals surface area contributed by atoms with E-state index < -0.39 is 9.84 Å². The van der Waals surface area contributed by atoms with E-state index >= 15 is 0 Å². The van der Waals surface area contributed by atoms with E-state index in [0.717, 1.165) is 18.5 Å². The van der Waals surface area contributed by atoms with Crippen LogP contribution in [0.15, 0.2) is 58.2 Å². The van der Waals surface area contributed by atoms with Crippen LogP contribution in [0.5, 0.6) is 0 Å². The number of sulfone groups is 1. The normalized spacial score (nSPS) is 15.5. The number of allylic oxidation sites excluding steroid dienone is 2. The molecule has 0 saturated heterocycles. The number of aromatic nitrogens is 2. The third-order valence-electron chi connectivity index (χ3n) is 3.70. The first-order valence-electron chi connectivity index (χ1n) is 7.82. The zero-order chi connectivity index (χ0) is 17.9. The van der Waals surface area contributed by atoms with Crippen LogP contribution in [0.2, 0.25) is 0 Å². The monoisotopic (exact) mass is 357 g/mol. The van der Waals surface area contributed by atoms with Crippen molar-refractivity contribution in [2.45, 2.75) is 17.7 Å². The van der Waals surface area contributed by atoms with Crippen molar-refractivity contribution in [2.24, 2.45) is 16.6 Å². The Hall–Kier alpha value is -2.74. The van der Waals surface area contributed by atoms with E-state index in [2.05, 4.69) is 20.3 Å². The van der Waals surface area contributed by atoms with Crippen molar-refractivity contribution in [3.05, 3.63) is 48.3 Å². The van der Waals surface area contributed by atoms with E-state index in [0.29, 0.717) is 23.4 Å². The molecule has 1 aromatic heterocycles. The van der Waals surface area contributed by atoms with Crippen molar-refractivity contribution in [1.82, 2.24) is 9.97 Å². The van der Waals surface area contributed by atoms with Crippen LogP contribution < -0.4 is 11.1 Å². The van der Waals surface area contributed by atoms with Gasteiger partial charge in [0.1, 0.15) is 0 Å². The predicted molar refractivity (Wildman–Crippen MR) is 98.0 cm³/mol. The zero-order valence-electron chi connectivity index (χ0n) is 13.8. The van der Waals surface area contributed by atoms with Gasteiger partial charge in [-0.25, -0.2) is 18.4 Å². The van der Waals surface area contributed by atoms with E-state index in [4.69, 9.17) is 5.73 Å². The summed E-state index contributed by atoms with van der Waals surface area (Å²) in [4.78, 5) is 12.9. The Bertz CT molecular complexity index is 916. The number of aliphatic imine (C=N–C) groups is 1. The molecule has 2 aromatic rings. The second-order valence-electron chi connectivity index (χ2n) is 5.88. The van der Waals surface area contributed by atoms with E-state index in [-0.39, 0.29) is 4.90 Å². The molecule has 1 heterocycles. The highest BCUT2D eigenvalue weighted by molar-refractivity contribution is 7.90. The first-order valence-corrected chi connectivity index (χ1v) is 9.71. The molecule has 1 aliphatic rings. The van der Waals surface area contributed by atoms with Crippen LogP contribution in [0, 0.1) is 5.92 Å². The number of hydrogen-bond donors (Lipinski definition) is 2. The topological polar surface area (TPSA) is 110 Å². The summed E-state index contributed by atoms with van der Waals surface area (Å²) in [6, 6.07) is 8.08. The van der Waals surface area contributed by atoms with Gasteiger partial charge in [0, 0.05) is 36.1 Å². The maximum absolute atomic E-state index is 11.5. The number of benzene rings is 1. The van der Waals surface area contributed by atoms with Crippen LogP contribution in [-0.2, 0) is 9.84 Å². The molecular weight excluding hydrogens is 338 g/mol. The minimum atomic E-state index is -3.21. The van der Waals surface area contributed by atoms with Gasteiger partial charge in [0.25, 0.3) is 0 Å². The summed E-state index contributed by atoms with van der Waals surface area (Å²) in [7, 11) is -3.21. The van der Waals surface area contributed by atoms with Crippen molar-refractivity contribution >= 4 is 33.5 Å². The van der Waals surface area contributed by atoms with Crippen LogP contribution in [0.1, 0.15) is 12.8 Å². The Morgan fingerprint density at radius 2 is 2.00 bits per heavy atom. The molecule has 1 aliphatic carbocycles. The number of hydrogen-bond acceptors (Lipinski definition) is 7. The lowest BCUT2D eigenvalue weighted by Crippen LogP contribution is -1.99. The number of rotatable bonds is 6. The molecule has 0 unspecified atom stereocenters. The molecule has 25 heavy (non-hydrogen) atoms. The lowest BCUT2D eigenvalue weighted by molar-refractivity contribution is 0.602. The van der Waals surface area contributed by atoms with E-state index in [1.807, 2.05) is 0 Å². The Balaban J connectivity index is 1.69. The highest BCUT2D eigenvalue weighted by Crippen LogP contribution is 2.33. The van der Waals surface area contributed by atoms with Gasteiger partial charge in [-0.2, -0.15) is 4.98 Å². The summed E-state index contributed by atoms with van der Waals surface area (Å²) in [6.45, 7) is 0. The zero-order valence-corrected chi connectivity index (χ0v) is 14.6. The molecule has 3 N–H and O–H groups in total. The molecule has 8 heteroatoms. The SMILES string of the molecule is CS(=O)(=O)c1ccc(Nc2nccc(N=CC=C(N)C3CC3)n2)cc1. The summed E-state index contributed by atoms with van der Waals surface area (Å²) in [6.07, 6.45) is 8.51. The first kappa shape index (κ1) is 17.1. The second kappa shape index (κ2) is 7.02. The van der Waals surface area contributed by atoms with E-state index in [1.165, 1.54) is 18.4 Å². The van der Waals surface area contributed by atoms with Gasteiger partial charge < -0.3 is 11.1 Å². The Kier molecular flexibility index (Phi) is 4.80. The van der Waals surface area contributed by atoms with Gasteiger partial charge in [-0.3, -0.25) is 0 Å². The molecule has 0 aliphatic heterocycles. The standard InChI is InChI=1S/C17H19N5O2S/c1-25(23,24)14-6-4-13(5-7-14)21-17-20-11-9-16(22-17)19-10-8-15(18)12-2-3-12/h4-12H,2-3,18H2,1H3,(H,20,21,22). The Morgan fingerprint density at radius 3 is 2.64 bits per heavy atom. The molecule has 0 atom stereocenters. The van der Waals surface area contributed by atoms with Crippen LogP contribution in [-0.4, -0.2) is 30.9 Å². The predicted octanol–water partition coefficient (Wildman–Crippen LogP) is 2.58. The summed E-state index contributed by atoms with van der Waals surface area (Å²) >= 11 is 0. The highest BCUT2D eigenvalue weighted by atomic mass is 32.2. The summed E-state index contributed by atoms with van der Waals surface area (Å²) < 4.78 is 22.9. The molecule has 7 nitrogen and oxygen atoms in total. The van der Waals surface area contributed by atoms with Crippen molar-refractivity contribution in [3.8, 4) is 0 Å². The third kappa shape index (κ3) is 4.87. The maximum Gasteiger partial charge on any atom is 0.229 e. The number of anilines is 2. The molecule has 0 radical (unpaired) electrons. The quantitative estimate of drug-likeness (QED) is 0.769. The average Bonchev–Trinajstić information content (AvgIpc) is 3.40. The first-order chi connectivity index (χ1) is 11.9. The average molecular weight is 357 g/mol. The van der Waals surface area contributed by atoms with Gasteiger partial charge >= 0.3 is 0 Å². The molecule has 0 bridgehead atoms. The molecule has 3 rings (SSSR count). The van der Waals surface area contributed by atoms with Crippen LogP contribution in [0.4, 0.5) is 17.5 Å². The van der Waals surface area contributed by atoms with E-state index in [9.17, 15) is 8.42 Å². The number of nitrogens with one attached hydrogen (secondary N) is 1. The highest BCUT2D eigenvalue weighted by Gasteiger charge is 2.23. The molecule has 0 spiro atoms. The Morgan fingerprint density at radius 1 is 1.28 bits per heavy atom. The fraction of sp³-hybridized carbons (Fsp3) is 0.235. The fourth-order valence-corrected chi connectivity index (χ4v) is 2.78. The van der Waals surface area contributed by atoms with Crippen molar-refractivity contribution in [1.29, 1.82) is 0 Å². The minimum absolute atomic E-state index is 0.261. The summed E-state index contributed by atoms with van der Waals surface area (Å²) in [5.41, 5.74) is 7.44. The fourth-order valence-electron chi connectivity index (χ4n) is 2.15. The lowest BCUT2D eigenvalue weighted by atomic mass is 10.3. The smallest absolute Gasteiger partial charge is 0.229 e. The molecule has 1 fully saturated rings. The maximum atomic E-state index is 11.5. The van der Waals surface area contributed by atoms with Gasteiger partial charge in [-0.1, -0.05) is 0 Å². The summed E-state index contributed by atoms with van der Waals surface area (Å²) in [5, 5.41) is 3.02. The van der Waals surface area contributed by atoms with E-state index in [1.54, 1.807) is 36.7 Å². The number of nitrogens with zero attached hydrogens (tertiary/aromatic N) is 3. The van der Waals surface area contributed by atoms with Gasteiger partial charge in [0.05, 0.1) is 4.90 Å². The second-order valence-corrected chi connectivity index (χ2v) is 7.89. The van der Waals surface area contributed by atoms with Crippen LogP contribution >= 0.6 is 0 Å². The van der Waals surface area contributed by atoms with Gasteiger partial charge in [0.2, 0.25) is 5.95 Å². The third-order valence-corrected chi connectivity index (χ3v) is 4.83. The van der Waals surface area contributed by atoms with Crippen molar-refractivity contribution in [2.75, 3.05) is 11.6 Å². The molecule has 1 aromatic carbocycles. The number of nitrogens with two attached hydrogens (primary N) is 1. The molecule has 130 valence electrons. The van der Waals surface area contributed by atoms with Gasteiger partial charge in [0.15, 0.2) is 15.7 Å². The summed E-state index contributed by atoms with van der Waals surface area (Å²) in [5.74, 6) is 1.38. The Labute approximate surface area is 146 Å². The minimum Gasteiger partial charge on any atom is -0.402 e. The largest absolute Gasteiger partial charge is 0.402 e. The van der Waals surface area contributed by atoms with Crippen LogP contribution in [0.25, 0.3) is 0 Å². The van der Waals surface area contributed by atoms with Crippen LogP contribution in [0.3, 0.4) is 0 Å². The van der Waals surface area contributed by atoms with Gasteiger partial charge in [-0.15, -0.1) is 0 Å². The van der Waals surface area contributed by atoms with Crippen molar-refractivity contribution < 1.29 is 8.42 Å². The van der Waals surface area contributed by atoms with Gasteiger partial charge in [-0.05, 0) is 49.1 Å². The lowest BCUT2D eigenvalue weighted by Gasteiger charge is -2.05. The molecule has 0 amide bonds. The molecule has 1 saturated carbocycles. The van der Waals surface area contributed by atoms with Crippen molar-refractivity contribution in [3.63, 3.8) is 0 Å².